The van der Waals surface area contributed by atoms with E-state index in [-0.39, 0.29) is 45.4 Å². The van der Waals surface area contributed by atoms with Gasteiger partial charge in [0.25, 0.3) is 11.8 Å². The fourth-order valence-electron chi connectivity index (χ4n) is 7.52. The van der Waals surface area contributed by atoms with Gasteiger partial charge >= 0.3 is 24.4 Å². The van der Waals surface area contributed by atoms with Crippen LogP contribution in [0.4, 0.5) is 11.6 Å². The van der Waals surface area contributed by atoms with E-state index in [9.17, 15) is 26.4 Å². The normalized spacial score (nSPS) is 19.0. The number of fused-ring (bicyclic) bond motifs is 4. The Morgan fingerprint density at radius 2 is 0.986 bits per heavy atom. The summed E-state index contributed by atoms with van der Waals surface area (Å²) in [7, 11) is -11.5. The molecule has 0 aliphatic carbocycles. The Bertz CT molecular complexity index is 3430. The van der Waals surface area contributed by atoms with E-state index in [2.05, 4.69) is 41.8 Å². The first-order valence-corrected chi connectivity index (χ1v) is 30.0. The number of amides is 2. The second kappa shape index (κ2) is 21.1. The molecule has 0 atom stereocenters. The van der Waals surface area contributed by atoms with Crippen LogP contribution in [0.1, 0.15) is 98.4 Å². The maximum Gasteiger partial charge on any atom is 0.488 e. The summed E-state index contributed by atoms with van der Waals surface area (Å²) in [5.41, 5.74) is 25.9. The van der Waals surface area contributed by atoms with Gasteiger partial charge < -0.3 is 41.6 Å². The number of halogens is 2. The van der Waals surface area contributed by atoms with Crippen molar-refractivity contribution in [1.82, 2.24) is 9.97 Å². The highest BCUT2D eigenvalue weighted by atomic mass is 79.9. The van der Waals surface area contributed by atoms with Crippen molar-refractivity contribution in [2.75, 3.05) is 11.5 Å². The average molecular weight is 1230 g/mol. The van der Waals surface area contributed by atoms with Gasteiger partial charge in [-0.3, -0.25) is 18.7 Å². The van der Waals surface area contributed by atoms with Gasteiger partial charge in [-0.15, -0.1) is 22.7 Å². The molecule has 6 aromatic rings. The molecule has 0 radical (unpaired) electrons. The molecule has 2 amide bonds. The Morgan fingerprint density at radius 1 is 0.616 bits per heavy atom. The Balaban J connectivity index is 0.000000159. The third-order valence-corrected chi connectivity index (χ3v) is 19.0. The summed E-state index contributed by atoms with van der Waals surface area (Å²) in [6.45, 7) is 16.2. The maximum absolute atomic E-state index is 11.8. The largest absolute Gasteiger partial charge is 0.488 e. The molecule has 20 nitrogen and oxygen atoms in total. The van der Waals surface area contributed by atoms with Crippen LogP contribution in [-0.2, 0) is 71.7 Å². The van der Waals surface area contributed by atoms with Gasteiger partial charge in [0.15, 0.2) is 19.7 Å². The number of hydrogen-bond donors (Lipinski definition) is 6. The van der Waals surface area contributed by atoms with Gasteiger partial charge in [-0.25, -0.2) is 26.8 Å². The molecule has 10 N–H and O–H groups in total. The third kappa shape index (κ3) is 13.9. The molecule has 73 heavy (non-hydrogen) atoms. The van der Waals surface area contributed by atoms with Crippen molar-refractivity contribution in [3.63, 3.8) is 0 Å². The van der Waals surface area contributed by atoms with Crippen molar-refractivity contribution in [1.29, 1.82) is 0 Å². The van der Waals surface area contributed by atoms with Gasteiger partial charge in [0.2, 0.25) is 0 Å². The molecular weight excluding hydrogens is 1180 g/mol. The van der Waals surface area contributed by atoms with Crippen molar-refractivity contribution >= 4 is 142 Å². The van der Waals surface area contributed by atoms with Crippen LogP contribution in [0.5, 0.6) is 0 Å². The highest BCUT2D eigenvalue weighted by molar-refractivity contribution is 9.11. The summed E-state index contributed by atoms with van der Waals surface area (Å²) < 4.78 is 105. The maximum atomic E-state index is 11.8. The molecule has 2 fully saturated rings. The van der Waals surface area contributed by atoms with E-state index in [0.29, 0.717) is 32.8 Å². The number of carbonyl (C=O) groups is 2. The Kier molecular flexibility index (Phi) is 16.8. The predicted octanol–water partition coefficient (Wildman–Crippen LogP) is 7.29. The third-order valence-electron chi connectivity index (χ3n) is 12.6. The van der Waals surface area contributed by atoms with Crippen LogP contribution in [0.3, 0.4) is 0 Å². The van der Waals surface area contributed by atoms with Crippen molar-refractivity contribution in [3.8, 4) is 10.4 Å². The van der Waals surface area contributed by atoms with Crippen LogP contribution in [-0.4, -0.2) is 92.6 Å². The molecule has 0 bridgehead atoms. The lowest BCUT2D eigenvalue weighted by molar-refractivity contribution is 0.00578. The Hall–Kier alpha value is -4.10. The van der Waals surface area contributed by atoms with Crippen molar-refractivity contribution in [2.24, 2.45) is 11.5 Å². The van der Waals surface area contributed by atoms with Crippen LogP contribution < -0.4 is 22.9 Å². The first kappa shape index (κ1) is 58.2. The fourth-order valence-corrected chi connectivity index (χ4v) is 13.9. The van der Waals surface area contributed by atoms with E-state index < -0.39 is 55.9 Å². The number of rotatable bonds is 4. The molecule has 8 heterocycles. The molecule has 392 valence electrons. The lowest BCUT2D eigenvalue weighted by Gasteiger charge is -2.32. The summed E-state index contributed by atoms with van der Waals surface area (Å²) in [4.78, 5) is 31.5. The van der Waals surface area contributed by atoms with Gasteiger partial charge in [-0.2, -0.15) is 8.42 Å². The smallest absolute Gasteiger partial charge is 0.405 e. The van der Waals surface area contributed by atoms with Gasteiger partial charge in [-0.05, 0) is 129 Å². The van der Waals surface area contributed by atoms with Crippen LogP contribution in [0.2, 0.25) is 0 Å². The van der Waals surface area contributed by atoms with Crippen LogP contribution in [0, 0.1) is 0 Å². The van der Waals surface area contributed by atoms with E-state index in [1.807, 2.05) is 104 Å². The molecular formula is C44H52B2Br2N6O14S5. The van der Waals surface area contributed by atoms with Gasteiger partial charge in [-0.1, -0.05) is 34.1 Å². The number of anilines is 2. The summed E-state index contributed by atoms with van der Waals surface area (Å²) >= 11 is 9.44. The quantitative estimate of drug-likeness (QED) is 0.0745. The lowest BCUT2D eigenvalue weighted by atomic mass is 9.49. The molecule has 2 saturated heterocycles. The second-order valence-electron chi connectivity index (χ2n) is 19.1. The molecule has 29 heteroatoms. The molecule has 4 aliphatic rings. The molecule has 4 aliphatic heterocycles. The van der Waals surface area contributed by atoms with Crippen molar-refractivity contribution in [2.45, 2.75) is 101 Å². The van der Waals surface area contributed by atoms with E-state index in [1.165, 1.54) is 35.1 Å². The fraction of sp³-hybridized carbons (Fsp3) is 0.364. The second-order valence-corrected chi connectivity index (χ2v) is 28.6. The number of carbonyl (C=O) groups excluding carboxylic acids is 2. The first-order chi connectivity index (χ1) is 33.4. The SMILES string of the molecule is CC1(C)OB(B2OC(C)(C)C(C)(C)O2)OC1(C)C.NC(=O)c1cnc(N)c2cc(-c3ccc4c(c3)CS(=O)(=O)C4)sc12.NC(=O)c1cnc(N)c2cc(Br)sc12.O=S(=O)(O)O.O=S1(=O)Cc2ccc(Br)cc2C1. The molecule has 10 rings (SSSR count). The lowest BCUT2D eigenvalue weighted by Crippen LogP contribution is -2.41. The van der Waals surface area contributed by atoms with Crippen LogP contribution in [0.25, 0.3) is 30.6 Å². The van der Waals surface area contributed by atoms with E-state index in [4.69, 9.17) is 59.1 Å². The molecule has 4 aromatic heterocycles. The molecule has 2 aromatic carbocycles. The van der Waals surface area contributed by atoms with Gasteiger partial charge in [0, 0.05) is 32.5 Å². The minimum absolute atomic E-state index is 0.0668. The zero-order valence-electron chi connectivity index (χ0n) is 40.6. The predicted molar refractivity (Wildman–Crippen MR) is 291 cm³/mol. The van der Waals surface area contributed by atoms with Crippen LogP contribution >= 0.6 is 54.5 Å². The molecule has 0 unspecified atom stereocenters. The number of sulfone groups is 2. The van der Waals surface area contributed by atoms with Crippen molar-refractivity contribution < 1.29 is 62.6 Å². The van der Waals surface area contributed by atoms with Crippen LogP contribution in [0.15, 0.2) is 69.2 Å². The Labute approximate surface area is 448 Å². The zero-order chi connectivity index (χ0) is 54.6. The molecule has 0 saturated carbocycles. The minimum atomic E-state index is -4.67. The average Bonchev–Trinajstić information content (AvgIpc) is 4.06. The number of nitrogen functional groups attached to an aromatic ring is 2. The highest BCUT2D eigenvalue weighted by Gasteiger charge is 2.63. The van der Waals surface area contributed by atoms with Gasteiger partial charge in [0.1, 0.15) is 11.6 Å². The summed E-state index contributed by atoms with van der Waals surface area (Å²) in [5, 5.41) is 1.44. The number of hydrogen-bond acceptors (Lipinski definition) is 18. The number of pyridine rings is 2. The number of benzene rings is 2. The topological polar surface area (TPSA) is 344 Å². The van der Waals surface area contributed by atoms with E-state index in [0.717, 1.165) is 51.0 Å². The summed E-state index contributed by atoms with van der Waals surface area (Å²) in [5.74, 6) is 0.262. The van der Waals surface area contributed by atoms with E-state index >= 15 is 0 Å². The summed E-state index contributed by atoms with van der Waals surface area (Å²) in [6, 6.07) is 14.9. The number of thiophene rings is 2. The van der Waals surface area contributed by atoms with Gasteiger partial charge in [0.05, 0.1) is 69.7 Å². The number of aromatic nitrogens is 2. The number of nitrogens with zero attached hydrogens (tertiary/aromatic N) is 2. The van der Waals surface area contributed by atoms with E-state index in [1.54, 1.807) is 0 Å². The number of nitrogens with two attached hydrogens (primary N) is 4. The zero-order valence-corrected chi connectivity index (χ0v) is 47.8. The standard InChI is InChI=1S/C16H13N3O3S2.C12H24B2O4.C8H6BrN3OS.C8H7BrO2S.H2O4S/c17-15-11-4-13(23-14(11)12(5-19-15)16(18)20)8-1-2-9-6-24(21,22)7-10(9)3-8;1-9(2)10(3,4)16-13(15-9)14-17-11(5,6)12(7,8)18-14;9-5-1-3-6(14-5)4(8(11)13)2-12-7(3)10;9-8-2-1-6-4-12(10,11)5-7(6)3-8;1-5(2,3)4/h1-5H,6-7H2,(H2,17,19)(H2,18,20);1-8H3;1-2H,(H2,10,12)(H2,11,13);1-3H,4-5H2;(H2,1,2,3,4). The minimum Gasteiger partial charge on any atom is -0.405 e. The first-order valence-electron chi connectivity index (χ1n) is 21.7. The number of primary amides is 2. The summed E-state index contributed by atoms with van der Waals surface area (Å²) in [6.07, 6.45) is 2.79. The Morgan fingerprint density at radius 3 is 1.41 bits per heavy atom. The van der Waals surface area contributed by atoms with Crippen molar-refractivity contribution in [3.05, 3.63) is 103 Å². The highest BCUT2D eigenvalue weighted by Crippen LogP contribution is 2.44. The molecule has 0 spiro atoms. The monoisotopic (exact) mass is 1230 g/mol.